The summed E-state index contributed by atoms with van der Waals surface area (Å²) >= 11 is 6.03. The Morgan fingerprint density at radius 2 is 1.59 bits per heavy atom. The Kier molecular flexibility index (Phi) is 5.33. The lowest BCUT2D eigenvalue weighted by Crippen LogP contribution is -2.49. The summed E-state index contributed by atoms with van der Waals surface area (Å²) in [7, 11) is -3.59. The third-order valence-electron chi connectivity index (χ3n) is 5.01. The van der Waals surface area contributed by atoms with Gasteiger partial charge in [-0.05, 0) is 43.7 Å². The molecule has 0 N–H and O–H groups in total. The molecule has 0 radical (unpaired) electrons. The van der Waals surface area contributed by atoms with Gasteiger partial charge in [0.15, 0.2) is 0 Å². The highest BCUT2D eigenvalue weighted by molar-refractivity contribution is 7.89. The van der Waals surface area contributed by atoms with E-state index in [9.17, 15) is 8.42 Å². The van der Waals surface area contributed by atoms with Gasteiger partial charge >= 0.3 is 0 Å². The van der Waals surface area contributed by atoms with Gasteiger partial charge in [0.05, 0.1) is 4.90 Å². The number of piperazine rings is 1. The molecular formula is C20H22ClN5O2S. The zero-order chi connectivity index (χ0) is 20.6. The third-order valence-corrected chi connectivity index (χ3v) is 7.29. The minimum atomic E-state index is -3.59. The van der Waals surface area contributed by atoms with Crippen LogP contribution in [0.25, 0.3) is 5.82 Å². The van der Waals surface area contributed by atoms with E-state index in [0.29, 0.717) is 42.6 Å². The Morgan fingerprint density at radius 1 is 0.931 bits per heavy atom. The van der Waals surface area contributed by atoms with E-state index in [0.717, 1.165) is 11.6 Å². The van der Waals surface area contributed by atoms with Gasteiger partial charge in [-0.3, -0.25) is 0 Å². The molecule has 3 heterocycles. The highest BCUT2D eigenvalue weighted by Gasteiger charge is 2.30. The number of halogens is 1. The van der Waals surface area contributed by atoms with E-state index < -0.39 is 10.0 Å². The SMILES string of the molecule is Cc1nc(N2CCN(S(=O)(=O)c3cc(Cl)ccc3C)CC2)cc(-n2cccc2)n1. The molecule has 29 heavy (non-hydrogen) atoms. The van der Waals surface area contributed by atoms with Crippen LogP contribution in [0.4, 0.5) is 5.82 Å². The predicted octanol–water partition coefficient (Wildman–Crippen LogP) is 3.05. The maximum atomic E-state index is 13.1. The average Bonchev–Trinajstić information content (AvgIpc) is 3.24. The highest BCUT2D eigenvalue weighted by Crippen LogP contribution is 2.25. The van der Waals surface area contributed by atoms with Crippen molar-refractivity contribution in [3.8, 4) is 5.82 Å². The molecule has 0 aliphatic carbocycles. The lowest BCUT2D eigenvalue weighted by molar-refractivity contribution is 0.383. The van der Waals surface area contributed by atoms with Crippen LogP contribution < -0.4 is 4.90 Å². The van der Waals surface area contributed by atoms with Gasteiger partial charge in [0, 0.05) is 49.7 Å². The van der Waals surface area contributed by atoms with Crippen LogP contribution in [-0.4, -0.2) is 53.4 Å². The van der Waals surface area contributed by atoms with Crippen LogP contribution in [0, 0.1) is 13.8 Å². The van der Waals surface area contributed by atoms with Crippen LogP contribution in [0.2, 0.25) is 5.02 Å². The molecule has 1 aliphatic heterocycles. The van der Waals surface area contributed by atoms with E-state index in [1.807, 2.05) is 42.1 Å². The van der Waals surface area contributed by atoms with Crippen molar-refractivity contribution in [2.75, 3.05) is 31.1 Å². The molecule has 7 nitrogen and oxygen atoms in total. The molecule has 0 atom stereocenters. The lowest BCUT2D eigenvalue weighted by atomic mass is 10.2. The molecular weight excluding hydrogens is 410 g/mol. The number of rotatable bonds is 4. The van der Waals surface area contributed by atoms with Crippen LogP contribution >= 0.6 is 11.6 Å². The Morgan fingerprint density at radius 3 is 2.28 bits per heavy atom. The minimum Gasteiger partial charge on any atom is -0.354 e. The maximum Gasteiger partial charge on any atom is 0.243 e. The van der Waals surface area contributed by atoms with Crippen molar-refractivity contribution in [3.05, 3.63) is 65.2 Å². The summed E-state index contributed by atoms with van der Waals surface area (Å²) in [6.45, 7) is 5.53. The molecule has 1 fully saturated rings. The second-order valence-electron chi connectivity index (χ2n) is 7.02. The lowest BCUT2D eigenvalue weighted by Gasteiger charge is -2.35. The molecule has 0 spiro atoms. The Bertz CT molecular complexity index is 1120. The fourth-order valence-corrected chi connectivity index (χ4v) is 5.38. The largest absolute Gasteiger partial charge is 0.354 e. The molecule has 2 aromatic heterocycles. The first kappa shape index (κ1) is 19.9. The van der Waals surface area contributed by atoms with E-state index in [1.54, 1.807) is 19.1 Å². The molecule has 152 valence electrons. The topological polar surface area (TPSA) is 71.3 Å². The normalized spacial score (nSPS) is 15.6. The quantitative estimate of drug-likeness (QED) is 0.634. The fourth-order valence-electron chi connectivity index (χ4n) is 3.47. The first-order chi connectivity index (χ1) is 13.8. The van der Waals surface area contributed by atoms with Crippen molar-refractivity contribution < 1.29 is 8.42 Å². The molecule has 0 bridgehead atoms. The number of hydrogen-bond donors (Lipinski definition) is 0. The van der Waals surface area contributed by atoms with Crippen molar-refractivity contribution >= 4 is 27.4 Å². The number of anilines is 1. The molecule has 9 heteroatoms. The van der Waals surface area contributed by atoms with Gasteiger partial charge in [-0.1, -0.05) is 17.7 Å². The monoisotopic (exact) mass is 431 g/mol. The maximum absolute atomic E-state index is 13.1. The van der Waals surface area contributed by atoms with Gasteiger partial charge in [-0.15, -0.1) is 0 Å². The van der Waals surface area contributed by atoms with Gasteiger partial charge in [0.25, 0.3) is 0 Å². The number of aromatic nitrogens is 3. The summed E-state index contributed by atoms with van der Waals surface area (Å²) in [5.74, 6) is 2.27. The van der Waals surface area contributed by atoms with Gasteiger partial charge in [-0.2, -0.15) is 4.31 Å². The van der Waals surface area contributed by atoms with Crippen molar-refractivity contribution in [1.29, 1.82) is 0 Å². The van der Waals surface area contributed by atoms with Crippen LogP contribution in [0.15, 0.2) is 53.7 Å². The van der Waals surface area contributed by atoms with Gasteiger partial charge in [0.2, 0.25) is 10.0 Å². The minimum absolute atomic E-state index is 0.270. The molecule has 1 aromatic carbocycles. The summed E-state index contributed by atoms with van der Waals surface area (Å²) in [6.07, 6.45) is 3.87. The van der Waals surface area contributed by atoms with Crippen LogP contribution in [0.5, 0.6) is 0 Å². The Labute approximate surface area is 175 Å². The smallest absolute Gasteiger partial charge is 0.243 e. The molecule has 0 amide bonds. The number of nitrogens with zero attached hydrogens (tertiary/aromatic N) is 5. The summed E-state index contributed by atoms with van der Waals surface area (Å²) in [6, 6.07) is 10.8. The van der Waals surface area contributed by atoms with E-state index in [2.05, 4.69) is 14.9 Å². The van der Waals surface area contributed by atoms with Crippen LogP contribution in [-0.2, 0) is 10.0 Å². The Balaban J connectivity index is 1.53. The van der Waals surface area contributed by atoms with E-state index in [1.165, 1.54) is 10.4 Å². The van der Waals surface area contributed by atoms with Crippen molar-refractivity contribution in [1.82, 2.24) is 18.8 Å². The first-order valence-electron chi connectivity index (χ1n) is 9.35. The van der Waals surface area contributed by atoms with E-state index in [4.69, 9.17) is 11.6 Å². The highest BCUT2D eigenvalue weighted by atomic mass is 35.5. The average molecular weight is 432 g/mol. The Hall–Kier alpha value is -2.42. The molecule has 4 rings (SSSR count). The molecule has 1 saturated heterocycles. The number of sulfonamides is 1. The first-order valence-corrected chi connectivity index (χ1v) is 11.2. The van der Waals surface area contributed by atoms with Gasteiger partial charge in [0.1, 0.15) is 17.5 Å². The van der Waals surface area contributed by atoms with Crippen molar-refractivity contribution in [2.24, 2.45) is 0 Å². The molecule has 0 saturated carbocycles. The van der Waals surface area contributed by atoms with Gasteiger partial charge in [-0.25, -0.2) is 18.4 Å². The van der Waals surface area contributed by atoms with E-state index in [-0.39, 0.29) is 4.90 Å². The predicted molar refractivity (Wildman–Crippen MR) is 113 cm³/mol. The standard InChI is InChI=1S/C20H22ClN5O2S/c1-15-5-6-17(21)13-18(15)29(27,28)26-11-9-25(10-12-26)20-14-19(22-16(2)23-20)24-7-3-4-8-24/h3-8,13-14H,9-12H2,1-2H3. The zero-order valence-corrected chi connectivity index (χ0v) is 17.9. The summed E-state index contributed by atoms with van der Waals surface area (Å²) < 4.78 is 29.6. The summed E-state index contributed by atoms with van der Waals surface area (Å²) in [5.41, 5.74) is 0.694. The van der Waals surface area contributed by atoms with Crippen molar-refractivity contribution in [3.63, 3.8) is 0 Å². The number of benzene rings is 1. The van der Waals surface area contributed by atoms with Crippen LogP contribution in [0.3, 0.4) is 0 Å². The van der Waals surface area contributed by atoms with Crippen LogP contribution in [0.1, 0.15) is 11.4 Å². The molecule has 1 aliphatic rings. The summed E-state index contributed by atoms with van der Waals surface area (Å²) in [4.78, 5) is 11.4. The molecule has 3 aromatic rings. The van der Waals surface area contributed by atoms with Crippen molar-refractivity contribution in [2.45, 2.75) is 18.7 Å². The number of aryl methyl sites for hydroxylation is 2. The third kappa shape index (κ3) is 4.01. The van der Waals surface area contributed by atoms with Gasteiger partial charge < -0.3 is 9.47 Å². The summed E-state index contributed by atoms with van der Waals surface area (Å²) in [5, 5.41) is 0.418. The number of hydrogen-bond acceptors (Lipinski definition) is 5. The van der Waals surface area contributed by atoms with E-state index >= 15 is 0 Å². The molecule has 0 unspecified atom stereocenters. The second kappa shape index (κ2) is 7.78. The fraction of sp³-hybridized carbons (Fsp3) is 0.300. The second-order valence-corrected chi connectivity index (χ2v) is 9.37. The zero-order valence-electron chi connectivity index (χ0n) is 16.3.